The van der Waals surface area contributed by atoms with Crippen LogP contribution in [-0.4, -0.2) is 7.05 Å². The zero-order valence-corrected chi connectivity index (χ0v) is 6.85. The fourth-order valence-corrected chi connectivity index (χ4v) is 1.33. The van der Waals surface area contributed by atoms with Crippen molar-refractivity contribution < 1.29 is 0 Å². The first-order valence-electron chi connectivity index (χ1n) is 3.88. The van der Waals surface area contributed by atoms with Gasteiger partial charge in [0.2, 0.25) is 0 Å². The summed E-state index contributed by atoms with van der Waals surface area (Å²) in [5, 5.41) is 0. The summed E-state index contributed by atoms with van der Waals surface area (Å²) < 4.78 is 0. The van der Waals surface area contributed by atoms with Crippen molar-refractivity contribution in [1.82, 2.24) is 0 Å². The molecule has 0 aliphatic heterocycles. The average Bonchev–Trinajstić information content (AvgIpc) is 2.23. The van der Waals surface area contributed by atoms with Gasteiger partial charge in [0.25, 0.3) is 0 Å². The normalized spacial score (nSPS) is 33.3. The van der Waals surface area contributed by atoms with E-state index in [0.717, 1.165) is 11.8 Å². The molecule has 9 heavy (non-hydrogen) atoms. The summed E-state index contributed by atoms with van der Waals surface area (Å²) >= 11 is 0. The molecule has 0 radical (unpaired) electrons. The Labute approximate surface area is 58.6 Å². The van der Waals surface area contributed by atoms with E-state index >= 15 is 0 Å². The van der Waals surface area contributed by atoms with Crippen LogP contribution in [0.1, 0.15) is 33.1 Å². The van der Waals surface area contributed by atoms with Gasteiger partial charge in [0, 0.05) is 0 Å². The molecule has 2 N–H and O–H groups in total. The first-order valence-corrected chi connectivity index (χ1v) is 3.88. The highest BCUT2D eigenvalue weighted by Crippen LogP contribution is 2.29. The lowest BCUT2D eigenvalue weighted by atomic mass is 10.0. The summed E-state index contributed by atoms with van der Waals surface area (Å²) in [6.07, 6.45) is 4.42. The molecule has 1 saturated carbocycles. The Hall–Kier alpha value is -0.0400. The van der Waals surface area contributed by atoms with Crippen LogP contribution in [-0.2, 0) is 0 Å². The van der Waals surface area contributed by atoms with E-state index in [1.54, 1.807) is 0 Å². The van der Waals surface area contributed by atoms with Crippen molar-refractivity contribution in [3.63, 3.8) is 0 Å². The molecule has 0 amide bonds. The van der Waals surface area contributed by atoms with E-state index in [1.807, 2.05) is 0 Å². The summed E-state index contributed by atoms with van der Waals surface area (Å²) in [5.41, 5.74) is 4.50. The largest absolute Gasteiger partial charge is 0.333 e. The molecule has 0 heterocycles. The Bertz CT molecular complexity index is 53.6. The minimum Gasteiger partial charge on any atom is -0.333 e. The second-order valence-electron chi connectivity index (χ2n) is 2.89. The maximum atomic E-state index is 4.50. The van der Waals surface area contributed by atoms with Gasteiger partial charge in [-0.2, -0.15) is 0 Å². The van der Waals surface area contributed by atoms with E-state index in [0.29, 0.717) is 0 Å². The molecule has 1 heteroatoms. The molecule has 1 aliphatic carbocycles. The molecule has 1 nitrogen and oxygen atoms in total. The quantitative estimate of drug-likeness (QED) is 0.532. The lowest BCUT2D eigenvalue weighted by Gasteiger charge is -2.05. The standard InChI is InChI=1S/C7H14.CH5N/c1-6-4-3-5-7(6)2;1-2/h6-7H,3-5H2,1-2H3;2H2,1H3. The van der Waals surface area contributed by atoms with Crippen molar-refractivity contribution in [1.29, 1.82) is 0 Å². The third-order valence-corrected chi connectivity index (χ3v) is 2.29. The van der Waals surface area contributed by atoms with Crippen molar-refractivity contribution in [2.75, 3.05) is 7.05 Å². The fraction of sp³-hybridized carbons (Fsp3) is 1.00. The molecule has 1 rings (SSSR count). The van der Waals surface area contributed by atoms with Crippen molar-refractivity contribution in [3.8, 4) is 0 Å². The van der Waals surface area contributed by atoms with Crippen LogP contribution >= 0.6 is 0 Å². The van der Waals surface area contributed by atoms with Crippen LogP contribution < -0.4 is 5.73 Å². The van der Waals surface area contributed by atoms with Crippen molar-refractivity contribution >= 4 is 0 Å². The van der Waals surface area contributed by atoms with Crippen molar-refractivity contribution in [3.05, 3.63) is 0 Å². The maximum Gasteiger partial charge on any atom is -0.0195 e. The van der Waals surface area contributed by atoms with E-state index in [1.165, 1.54) is 26.3 Å². The Morgan fingerprint density at radius 2 is 1.33 bits per heavy atom. The summed E-state index contributed by atoms with van der Waals surface area (Å²) in [6, 6.07) is 0. The molecule has 1 aliphatic rings. The van der Waals surface area contributed by atoms with Crippen molar-refractivity contribution in [2.24, 2.45) is 17.6 Å². The van der Waals surface area contributed by atoms with E-state index in [4.69, 9.17) is 0 Å². The third-order valence-electron chi connectivity index (χ3n) is 2.29. The Morgan fingerprint density at radius 1 is 1.00 bits per heavy atom. The number of hydrogen-bond donors (Lipinski definition) is 1. The van der Waals surface area contributed by atoms with Crippen LogP contribution in [0.25, 0.3) is 0 Å². The van der Waals surface area contributed by atoms with Gasteiger partial charge in [-0.05, 0) is 18.9 Å². The molecule has 56 valence electrons. The van der Waals surface area contributed by atoms with Crippen LogP contribution in [0.5, 0.6) is 0 Å². The van der Waals surface area contributed by atoms with Crippen LogP contribution in [0.15, 0.2) is 0 Å². The third kappa shape index (κ3) is 2.85. The van der Waals surface area contributed by atoms with Crippen LogP contribution in [0.2, 0.25) is 0 Å². The number of nitrogens with two attached hydrogens (primary N) is 1. The number of hydrogen-bond acceptors (Lipinski definition) is 1. The highest BCUT2D eigenvalue weighted by Gasteiger charge is 2.17. The molecule has 0 bridgehead atoms. The van der Waals surface area contributed by atoms with Gasteiger partial charge in [0.15, 0.2) is 0 Å². The predicted molar refractivity (Wildman–Crippen MR) is 42.3 cm³/mol. The zero-order valence-electron chi connectivity index (χ0n) is 6.85. The summed E-state index contributed by atoms with van der Waals surface area (Å²) in [6.45, 7) is 4.72. The molecule has 0 aromatic heterocycles. The van der Waals surface area contributed by atoms with E-state index in [2.05, 4.69) is 19.6 Å². The lowest BCUT2D eigenvalue weighted by molar-refractivity contribution is 0.457. The highest BCUT2D eigenvalue weighted by molar-refractivity contribution is 4.69. The van der Waals surface area contributed by atoms with Gasteiger partial charge in [-0.1, -0.05) is 33.1 Å². The van der Waals surface area contributed by atoms with Gasteiger partial charge in [-0.25, -0.2) is 0 Å². The Kier molecular flexibility index (Phi) is 4.78. The summed E-state index contributed by atoms with van der Waals surface area (Å²) in [7, 11) is 1.50. The van der Waals surface area contributed by atoms with E-state index in [9.17, 15) is 0 Å². The van der Waals surface area contributed by atoms with Crippen LogP contribution in [0.3, 0.4) is 0 Å². The molecule has 0 spiro atoms. The second kappa shape index (κ2) is 4.80. The highest BCUT2D eigenvalue weighted by atomic mass is 14.4. The number of rotatable bonds is 0. The maximum absolute atomic E-state index is 4.50. The molecule has 2 unspecified atom stereocenters. The van der Waals surface area contributed by atoms with Crippen molar-refractivity contribution in [2.45, 2.75) is 33.1 Å². The van der Waals surface area contributed by atoms with Gasteiger partial charge in [-0.15, -0.1) is 0 Å². The monoisotopic (exact) mass is 129 g/mol. The Balaban J connectivity index is 0.000000291. The van der Waals surface area contributed by atoms with E-state index in [-0.39, 0.29) is 0 Å². The van der Waals surface area contributed by atoms with E-state index < -0.39 is 0 Å². The predicted octanol–water partition coefficient (Wildman–Crippen LogP) is 2.02. The molecule has 0 aromatic carbocycles. The van der Waals surface area contributed by atoms with Gasteiger partial charge in [0.05, 0.1) is 0 Å². The van der Waals surface area contributed by atoms with Gasteiger partial charge in [0.1, 0.15) is 0 Å². The minimum absolute atomic E-state index is 1.01. The SMILES string of the molecule is CC1CCCC1C.CN. The zero-order chi connectivity index (χ0) is 7.28. The topological polar surface area (TPSA) is 26.0 Å². The van der Waals surface area contributed by atoms with Gasteiger partial charge in [-0.3, -0.25) is 0 Å². The molecular formula is C8H19N. The first kappa shape index (κ1) is 8.96. The summed E-state index contributed by atoms with van der Waals surface area (Å²) in [4.78, 5) is 0. The van der Waals surface area contributed by atoms with Crippen LogP contribution in [0, 0.1) is 11.8 Å². The first-order chi connectivity index (χ1) is 4.30. The van der Waals surface area contributed by atoms with Gasteiger partial charge < -0.3 is 5.73 Å². The second-order valence-corrected chi connectivity index (χ2v) is 2.89. The fourth-order valence-electron chi connectivity index (χ4n) is 1.33. The van der Waals surface area contributed by atoms with Crippen LogP contribution in [0.4, 0.5) is 0 Å². The minimum atomic E-state index is 1.01. The molecule has 0 saturated heterocycles. The molecule has 2 atom stereocenters. The molecule has 1 fully saturated rings. The molecule has 0 aromatic rings. The lowest BCUT2D eigenvalue weighted by Crippen LogP contribution is -1.95. The average molecular weight is 129 g/mol. The summed E-state index contributed by atoms with van der Waals surface area (Å²) in [5.74, 6) is 2.03. The Morgan fingerprint density at radius 3 is 1.44 bits per heavy atom. The van der Waals surface area contributed by atoms with Gasteiger partial charge >= 0.3 is 0 Å². The smallest absolute Gasteiger partial charge is 0.0195 e. The molecular weight excluding hydrogens is 110 g/mol.